The Labute approximate surface area is 300 Å². The summed E-state index contributed by atoms with van der Waals surface area (Å²) in [5.74, 6) is 1.55. The predicted octanol–water partition coefficient (Wildman–Crippen LogP) is 11.0. The first kappa shape index (κ1) is 29.9. The van der Waals surface area contributed by atoms with Gasteiger partial charge in [0.15, 0.2) is 0 Å². The minimum Gasteiger partial charge on any atom is -0.317 e. The molecule has 0 N–H and O–H groups in total. The van der Waals surface area contributed by atoms with E-state index in [0.29, 0.717) is 5.92 Å². The van der Waals surface area contributed by atoms with Gasteiger partial charge in [0.25, 0.3) is 0 Å². The minimum absolute atomic E-state index is 0.113. The average molecular weight is 655 g/mol. The zero-order valence-electron chi connectivity index (χ0n) is 28.6. The summed E-state index contributed by atoms with van der Waals surface area (Å²) in [7, 11) is 0. The number of rotatable bonds is 5. The van der Waals surface area contributed by atoms with E-state index >= 15 is 0 Å². The number of aliphatic imine (C=N–C) groups is 1. The Morgan fingerprint density at radius 3 is 1.98 bits per heavy atom. The molecule has 10 rings (SSSR count). The Bertz CT molecular complexity index is 2410. The van der Waals surface area contributed by atoms with Crippen LogP contribution in [0.4, 0.5) is 5.69 Å². The number of nitrogens with zero attached hydrogens (tertiary/aromatic N) is 2. The lowest BCUT2D eigenvalue weighted by Gasteiger charge is -2.39. The summed E-state index contributed by atoms with van der Waals surface area (Å²) in [4.78, 5) is 7.63. The zero-order valence-corrected chi connectivity index (χ0v) is 28.6. The molecule has 244 valence electrons. The Hall–Kier alpha value is -5.99. The van der Waals surface area contributed by atoms with Gasteiger partial charge in [0.2, 0.25) is 0 Å². The van der Waals surface area contributed by atoms with Crippen molar-refractivity contribution in [3.8, 4) is 0 Å². The van der Waals surface area contributed by atoms with Crippen molar-refractivity contribution in [3.63, 3.8) is 0 Å². The van der Waals surface area contributed by atoms with E-state index in [1.165, 1.54) is 55.4 Å². The van der Waals surface area contributed by atoms with Crippen LogP contribution in [0.2, 0.25) is 0 Å². The molecule has 51 heavy (non-hydrogen) atoms. The number of benzene rings is 6. The Morgan fingerprint density at radius 2 is 1.25 bits per heavy atom. The SMILES string of the molecule is Cc1ccc2c(c1)C(c1ccccc1)(c1ccccc1)C1C=C(c3ccc4cc(C5=NC6C=CC=CC6N5c5ccccc5)ccc4c3)C=CC21. The van der Waals surface area contributed by atoms with E-state index in [2.05, 4.69) is 200 Å². The number of fused-ring (bicyclic) bond motifs is 5. The number of aryl methyl sites for hydroxylation is 1. The van der Waals surface area contributed by atoms with Crippen LogP contribution in [0.15, 0.2) is 193 Å². The summed E-state index contributed by atoms with van der Waals surface area (Å²) in [5, 5.41) is 2.45. The number of hydrogen-bond donors (Lipinski definition) is 0. The number of para-hydroxylation sites is 1. The first-order valence-corrected chi connectivity index (χ1v) is 18.1. The first-order valence-electron chi connectivity index (χ1n) is 18.1. The van der Waals surface area contributed by atoms with Gasteiger partial charge in [-0.25, -0.2) is 0 Å². The van der Waals surface area contributed by atoms with Gasteiger partial charge in [0.1, 0.15) is 5.84 Å². The van der Waals surface area contributed by atoms with E-state index in [0.717, 1.165) is 11.4 Å². The highest BCUT2D eigenvalue weighted by molar-refractivity contribution is 6.14. The fourth-order valence-electron chi connectivity index (χ4n) is 9.26. The molecule has 2 nitrogen and oxygen atoms in total. The van der Waals surface area contributed by atoms with Crippen molar-refractivity contribution < 1.29 is 0 Å². The Balaban J connectivity index is 1.07. The largest absolute Gasteiger partial charge is 0.317 e. The van der Waals surface area contributed by atoms with Gasteiger partial charge in [-0.2, -0.15) is 0 Å². The normalized spacial score (nSPS) is 22.3. The molecule has 3 aliphatic carbocycles. The summed E-state index contributed by atoms with van der Waals surface area (Å²) in [6.45, 7) is 2.22. The van der Waals surface area contributed by atoms with E-state index < -0.39 is 0 Å². The molecule has 0 saturated carbocycles. The van der Waals surface area contributed by atoms with Crippen LogP contribution in [0.1, 0.15) is 44.9 Å². The van der Waals surface area contributed by atoms with Gasteiger partial charge in [0.05, 0.1) is 17.5 Å². The molecule has 0 bridgehead atoms. The third-order valence-corrected chi connectivity index (χ3v) is 11.5. The maximum atomic E-state index is 5.24. The summed E-state index contributed by atoms with van der Waals surface area (Å²) < 4.78 is 0. The van der Waals surface area contributed by atoms with E-state index in [1.54, 1.807) is 0 Å². The lowest BCUT2D eigenvalue weighted by atomic mass is 9.62. The van der Waals surface area contributed by atoms with Gasteiger partial charge in [-0.15, -0.1) is 0 Å². The van der Waals surface area contributed by atoms with E-state index in [1.807, 2.05) is 0 Å². The van der Waals surface area contributed by atoms with Crippen molar-refractivity contribution in [2.45, 2.75) is 30.3 Å². The van der Waals surface area contributed by atoms with Crippen LogP contribution in [0.25, 0.3) is 16.3 Å². The number of allylic oxidation sites excluding steroid dienone is 6. The third kappa shape index (κ3) is 4.67. The molecular formula is C49H38N2. The average Bonchev–Trinajstić information content (AvgIpc) is 3.72. The molecule has 6 aromatic carbocycles. The van der Waals surface area contributed by atoms with Crippen LogP contribution < -0.4 is 4.90 Å². The molecule has 4 atom stereocenters. The van der Waals surface area contributed by atoms with Gasteiger partial charge >= 0.3 is 0 Å². The van der Waals surface area contributed by atoms with Crippen LogP contribution in [-0.2, 0) is 5.41 Å². The highest BCUT2D eigenvalue weighted by Gasteiger charge is 2.53. The molecular weight excluding hydrogens is 617 g/mol. The summed E-state index contributed by atoms with van der Waals surface area (Å²) >= 11 is 0. The highest BCUT2D eigenvalue weighted by Crippen LogP contribution is 2.60. The summed E-state index contributed by atoms with van der Waals surface area (Å²) in [6, 6.07) is 54.2. The van der Waals surface area contributed by atoms with E-state index in [4.69, 9.17) is 4.99 Å². The number of anilines is 1. The molecule has 1 heterocycles. The minimum atomic E-state index is -0.301. The van der Waals surface area contributed by atoms with Gasteiger partial charge in [0, 0.05) is 23.1 Å². The molecule has 0 fully saturated rings. The highest BCUT2D eigenvalue weighted by atomic mass is 15.3. The van der Waals surface area contributed by atoms with Gasteiger partial charge in [-0.3, -0.25) is 4.99 Å². The van der Waals surface area contributed by atoms with Gasteiger partial charge < -0.3 is 4.90 Å². The molecule has 6 aromatic rings. The third-order valence-electron chi connectivity index (χ3n) is 11.5. The molecule has 0 radical (unpaired) electrons. The topological polar surface area (TPSA) is 15.6 Å². The first-order chi connectivity index (χ1) is 25.2. The lowest BCUT2D eigenvalue weighted by Crippen LogP contribution is -2.39. The zero-order chi connectivity index (χ0) is 33.9. The molecule has 0 amide bonds. The molecule has 1 aliphatic heterocycles. The predicted molar refractivity (Wildman–Crippen MR) is 213 cm³/mol. The fraction of sp³-hybridized carbons (Fsp3) is 0.122. The second-order valence-electron chi connectivity index (χ2n) is 14.3. The van der Waals surface area contributed by atoms with Crippen LogP contribution in [0.5, 0.6) is 0 Å². The van der Waals surface area contributed by atoms with Gasteiger partial charge in [-0.1, -0.05) is 169 Å². The molecule has 4 unspecified atom stereocenters. The van der Waals surface area contributed by atoms with Crippen molar-refractivity contribution in [1.82, 2.24) is 0 Å². The van der Waals surface area contributed by atoms with Crippen LogP contribution in [0.3, 0.4) is 0 Å². The quantitative estimate of drug-likeness (QED) is 0.181. The second kappa shape index (κ2) is 11.8. The number of hydrogen-bond acceptors (Lipinski definition) is 2. The maximum Gasteiger partial charge on any atom is 0.136 e. The molecule has 0 saturated heterocycles. The molecule has 4 aliphatic rings. The molecule has 0 spiro atoms. The van der Waals surface area contributed by atoms with Crippen LogP contribution in [-0.4, -0.2) is 17.9 Å². The maximum absolute atomic E-state index is 5.24. The summed E-state index contributed by atoms with van der Waals surface area (Å²) in [6.07, 6.45) is 16.1. The van der Waals surface area contributed by atoms with Crippen molar-refractivity contribution in [3.05, 3.63) is 227 Å². The van der Waals surface area contributed by atoms with Crippen LogP contribution in [0, 0.1) is 12.8 Å². The summed E-state index contributed by atoms with van der Waals surface area (Å²) in [5.41, 5.74) is 11.4. The van der Waals surface area contributed by atoms with Crippen LogP contribution >= 0.6 is 0 Å². The van der Waals surface area contributed by atoms with Gasteiger partial charge in [-0.05, 0) is 75.4 Å². The van der Waals surface area contributed by atoms with E-state index in [-0.39, 0.29) is 23.4 Å². The smallest absolute Gasteiger partial charge is 0.136 e. The van der Waals surface area contributed by atoms with Crippen molar-refractivity contribution in [1.29, 1.82) is 0 Å². The van der Waals surface area contributed by atoms with Crippen molar-refractivity contribution in [2.24, 2.45) is 10.9 Å². The second-order valence-corrected chi connectivity index (χ2v) is 14.3. The number of amidine groups is 1. The lowest BCUT2D eigenvalue weighted by molar-refractivity contribution is 0.458. The van der Waals surface area contributed by atoms with E-state index in [9.17, 15) is 0 Å². The monoisotopic (exact) mass is 654 g/mol. The van der Waals surface area contributed by atoms with Crippen molar-refractivity contribution in [2.75, 3.05) is 4.90 Å². The molecule has 2 heteroatoms. The Kier molecular flexibility index (Phi) is 6.92. The van der Waals surface area contributed by atoms with Crippen molar-refractivity contribution >= 4 is 27.9 Å². The Morgan fingerprint density at radius 1 is 0.608 bits per heavy atom. The standard InChI is InChI=1S/C49H38N2/c1-33-21-27-42-43-28-26-37(32-45(43)49(44(42)29-33,39-13-5-2-6-14-39)40-15-7-3-8-16-40)35-22-23-36-31-38(25-24-34(36)30-35)48-50-46-19-11-12-20-47(46)51(48)41-17-9-4-10-18-41/h2-32,43,45-47H,1H3. The fourth-order valence-corrected chi connectivity index (χ4v) is 9.26. The molecule has 0 aromatic heterocycles.